The average molecular weight is 1350 g/mol. The van der Waals surface area contributed by atoms with Gasteiger partial charge >= 0.3 is 6.16 Å². The van der Waals surface area contributed by atoms with Gasteiger partial charge in [-0.05, 0) is 69.0 Å². The maximum atomic E-state index is 14.3. The zero-order valence-electron chi connectivity index (χ0n) is 51.6. The fourth-order valence-electron chi connectivity index (χ4n) is 13.7. The number of ether oxygens (including phenoxy) is 10. The third kappa shape index (κ3) is 15.7. The second kappa shape index (κ2) is 30.1. The van der Waals surface area contributed by atoms with Gasteiger partial charge in [-0.25, -0.2) is 13.2 Å². The first-order chi connectivity index (χ1) is 40.5. The van der Waals surface area contributed by atoms with Crippen molar-refractivity contribution < 1.29 is 74.5 Å². The first-order valence-corrected chi connectivity index (χ1v) is 37.3. The number of carbonyl (C=O) groups is 1. The van der Waals surface area contributed by atoms with E-state index in [1.165, 1.54) is 12.1 Å². The molecule has 0 aromatic heterocycles. The molecule has 2 N–H and O–H groups in total. The Morgan fingerprint density at radius 3 is 1.39 bits per heavy atom. The van der Waals surface area contributed by atoms with E-state index >= 15 is 0 Å². The van der Waals surface area contributed by atoms with Crippen LogP contribution in [0.25, 0.3) is 0 Å². The normalized spacial score (nSPS) is 29.5. The van der Waals surface area contributed by atoms with Gasteiger partial charge in [0.25, 0.3) is 0 Å². The summed E-state index contributed by atoms with van der Waals surface area (Å²) in [6.07, 6.45) is -16.5. The maximum Gasteiger partial charge on any atom is 0.509 e. The molecule has 4 aliphatic heterocycles. The van der Waals surface area contributed by atoms with Crippen LogP contribution in [-0.4, -0.2) is 139 Å². The minimum Gasteiger partial charge on any atom is -0.424 e. The van der Waals surface area contributed by atoms with Crippen molar-refractivity contribution in [3.05, 3.63) is 138 Å². The van der Waals surface area contributed by atoms with Crippen molar-refractivity contribution in [3.63, 3.8) is 0 Å². The maximum absolute atomic E-state index is 14.3. The lowest BCUT2D eigenvalue weighted by Gasteiger charge is -2.50. The SMILES string of the molecule is CC1O[C@@H](OC2[C@H](OC3C(I)C(NS(=O)(=O)c4ccccc4)OC(CO[Si](C(C)C)(C(C)C)C(C)C)[C@@H]3O)OC(CO[Si](C(C)C)(C(C)C)C(C)C)[C@@H]3OC(=O)O[C@H]23)C(OCc2ccccc2)[C@H](OCc2ccccc2)[C@H]1OCc1ccccc1. The Bertz CT molecular complexity index is 2750. The molecule has 0 bridgehead atoms. The van der Waals surface area contributed by atoms with Crippen molar-refractivity contribution in [2.45, 2.75) is 238 Å². The van der Waals surface area contributed by atoms with E-state index in [9.17, 15) is 18.3 Å². The molecule has 4 aromatic rings. The second-order valence-corrected chi connectivity index (χ2v) is 38.9. The summed E-state index contributed by atoms with van der Waals surface area (Å²) in [4.78, 5) is 13.8. The number of aliphatic hydroxyl groups excluding tert-OH is 1. The highest BCUT2D eigenvalue weighted by Crippen LogP contribution is 2.46. The van der Waals surface area contributed by atoms with Crippen LogP contribution in [0, 0.1) is 0 Å². The fourth-order valence-corrected chi connectivity index (χ4v) is 26.9. The molecule has 8 rings (SSSR count). The van der Waals surface area contributed by atoms with Gasteiger partial charge < -0.3 is 61.3 Å². The number of nitrogens with one attached hydrogen (secondary N) is 1. The first kappa shape index (κ1) is 67.7. The van der Waals surface area contributed by atoms with Gasteiger partial charge in [0.2, 0.25) is 10.0 Å². The molecule has 4 fully saturated rings. The average Bonchev–Trinajstić information content (AvgIpc) is 3.33. The Hall–Kier alpha value is -3.22. The monoisotopic (exact) mass is 1350 g/mol. The van der Waals surface area contributed by atoms with Crippen molar-refractivity contribution in [2.24, 2.45) is 0 Å². The van der Waals surface area contributed by atoms with E-state index in [-0.39, 0.29) is 71.2 Å². The molecule has 4 saturated heterocycles. The minimum absolute atomic E-state index is 0.00698. The van der Waals surface area contributed by atoms with E-state index in [1.807, 2.05) is 97.9 Å². The lowest BCUT2D eigenvalue weighted by Crippen LogP contribution is -2.67. The molecule has 0 radical (unpaired) electrons. The largest absolute Gasteiger partial charge is 0.509 e. The molecule has 8 unspecified atom stereocenters. The highest BCUT2D eigenvalue weighted by molar-refractivity contribution is 14.1. The molecule has 4 aliphatic rings. The summed E-state index contributed by atoms with van der Waals surface area (Å²) in [7, 11) is -9.39. The molecule has 21 heteroatoms. The van der Waals surface area contributed by atoms with E-state index in [4.69, 9.17) is 56.2 Å². The summed E-state index contributed by atoms with van der Waals surface area (Å²) in [5.41, 5.74) is 3.90. The topological polar surface area (TPSA) is 194 Å². The number of rotatable bonds is 28. The number of halogens is 1. The van der Waals surface area contributed by atoms with Crippen molar-refractivity contribution in [3.8, 4) is 0 Å². The number of benzene rings is 4. The quantitative estimate of drug-likeness (QED) is 0.0236. The molecule has 4 aromatic carbocycles. The number of hydrogen-bond acceptors (Lipinski definition) is 16. The molecule has 4 heterocycles. The standard InChI is InChI=1S/C64H92INO16SSi2/c1-39(2)84(40(3)4,41(5)6)74-37-50-53(67)56(52(65)61(77-50)66-83(69,70)49-32-24-17-25-33-49)79-63-60(58-55(81-64(68)82-58)51(78-63)38-75-85(42(7)8,43(9)10)44(11)12)80-62-59(73-36-48-30-22-16-23-31-48)57(72-35-47-28-20-15-21-29-47)54(45(13)76-62)71-34-46-26-18-14-19-27-46/h14-33,39-45,50-63,66-67H,34-38H2,1-13H3/t45?,50?,51?,52?,53-,54-,55-,56?,57+,58-,59?,60?,61?,62-,63-/m0/s1. The summed E-state index contributed by atoms with van der Waals surface area (Å²) in [6.45, 7) is 28.5. The van der Waals surface area contributed by atoms with Crippen molar-refractivity contribution in [1.29, 1.82) is 0 Å². The molecule has 0 aliphatic carbocycles. The molecule has 0 amide bonds. The van der Waals surface area contributed by atoms with Crippen LogP contribution in [0.3, 0.4) is 0 Å². The van der Waals surface area contributed by atoms with Gasteiger partial charge in [-0.15, -0.1) is 0 Å². The number of alkyl halides is 1. The number of sulfonamides is 1. The molecule has 470 valence electrons. The van der Waals surface area contributed by atoms with Crippen LogP contribution in [0.1, 0.15) is 107 Å². The Labute approximate surface area is 520 Å². The van der Waals surface area contributed by atoms with E-state index in [2.05, 4.69) is 110 Å². The summed E-state index contributed by atoms with van der Waals surface area (Å²) >= 11 is 2.07. The van der Waals surface area contributed by atoms with Gasteiger partial charge in [0.15, 0.2) is 47.5 Å². The van der Waals surface area contributed by atoms with E-state index in [0.29, 0.717) is 0 Å². The van der Waals surface area contributed by atoms with E-state index in [0.717, 1.165) is 16.7 Å². The first-order valence-electron chi connectivity index (χ1n) is 30.3. The zero-order valence-corrected chi connectivity index (χ0v) is 56.5. The zero-order chi connectivity index (χ0) is 61.4. The highest BCUT2D eigenvalue weighted by atomic mass is 127. The van der Waals surface area contributed by atoms with Crippen LogP contribution in [0.2, 0.25) is 33.2 Å². The number of aliphatic hydroxyl groups is 1. The predicted molar refractivity (Wildman–Crippen MR) is 336 cm³/mol. The van der Waals surface area contributed by atoms with Gasteiger partial charge in [0, 0.05) is 0 Å². The smallest absolute Gasteiger partial charge is 0.424 e. The van der Waals surface area contributed by atoms with Gasteiger partial charge in [0.05, 0.1) is 48.0 Å². The number of hydrogen-bond donors (Lipinski definition) is 2. The van der Waals surface area contributed by atoms with Gasteiger partial charge in [-0.2, -0.15) is 4.72 Å². The lowest BCUT2D eigenvalue weighted by molar-refractivity contribution is -0.374. The van der Waals surface area contributed by atoms with E-state index in [1.54, 1.807) is 18.2 Å². The predicted octanol–water partition coefficient (Wildman–Crippen LogP) is 12.1. The Morgan fingerprint density at radius 1 is 0.518 bits per heavy atom. The second-order valence-electron chi connectivity index (χ2n) is 24.9. The summed E-state index contributed by atoms with van der Waals surface area (Å²) in [6, 6.07) is 37.4. The highest BCUT2D eigenvalue weighted by Gasteiger charge is 2.61. The number of carbonyl (C=O) groups excluding carboxylic acids is 1. The summed E-state index contributed by atoms with van der Waals surface area (Å²) in [5, 5.41) is 12.9. The van der Waals surface area contributed by atoms with Crippen molar-refractivity contribution in [1.82, 2.24) is 4.72 Å². The lowest BCUT2D eigenvalue weighted by atomic mass is 9.96. The van der Waals surface area contributed by atoms with Gasteiger partial charge in [-0.1, -0.05) is 215 Å². The third-order valence-electron chi connectivity index (χ3n) is 17.6. The van der Waals surface area contributed by atoms with Crippen LogP contribution in [0.15, 0.2) is 126 Å². The fraction of sp³-hybridized carbons (Fsp3) is 0.609. The van der Waals surface area contributed by atoms with Crippen LogP contribution < -0.4 is 4.72 Å². The van der Waals surface area contributed by atoms with Crippen LogP contribution in [-0.2, 0) is 86.1 Å². The van der Waals surface area contributed by atoms with Gasteiger partial charge in [0.1, 0.15) is 49.0 Å². The van der Waals surface area contributed by atoms with Crippen molar-refractivity contribution >= 4 is 55.4 Å². The third-order valence-corrected chi connectivity index (χ3v) is 32.6. The summed E-state index contributed by atoms with van der Waals surface area (Å²) in [5.74, 6) is 0. The Kier molecular flexibility index (Phi) is 23.9. The van der Waals surface area contributed by atoms with Crippen LogP contribution in [0.4, 0.5) is 4.79 Å². The Balaban J connectivity index is 1.21. The molecule has 85 heavy (non-hydrogen) atoms. The Morgan fingerprint density at radius 2 is 0.918 bits per heavy atom. The minimum atomic E-state index is -4.21. The molecule has 0 saturated carbocycles. The molecule has 15 atom stereocenters. The van der Waals surface area contributed by atoms with Crippen LogP contribution in [0.5, 0.6) is 0 Å². The van der Waals surface area contributed by atoms with E-state index < -0.39 is 123 Å². The molecular weight excluding hydrogens is 1250 g/mol. The molecule has 0 spiro atoms. The molecular formula is C64H92INO16SSi2. The number of fused-ring (bicyclic) bond motifs is 1. The van der Waals surface area contributed by atoms with Crippen molar-refractivity contribution in [2.75, 3.05) is 13.2 Å². The summed E-state index contributed by atoms with van der Waals surface area (Å²) < 4.78 is 113. The van der Waals surface area contributed by atoms with Crippen LogP contribution >= 0.6 is 22.6 Å². The molecule has 17 nitrogen and oxygen atoms in total. The van der Waals surface area contributed by atoms with Gasteiger partial charge in [-0.3, -0.25) is 0 Å².